The first-order chi connectivity index (χ1) is 6.67. The van der Waals surface area contributed by atoms with Crippen LogP contribution >= 0.6 is 11.6 Å². The van der Waals surface area contributed by atoms with Crippen molar-refractivity contribution in [2.45, 2.75) is 19.4 Å². The number of amides is 1. The van der Waals surface area contributed by atoms with Gasteiger partial charge in [0, 0.05) is 0 Å². The van der Waals surface area contributed by atoms with Crippen LogP contribution in [0.3, 0.4) is 0 Å². The summed E-state index contributed by atoms with van der Waals surface area (Å²) in [6.45, 7) is 1.78. The molecule has 1 atom stereocenters. The Morgan fingerprint density at radius 3 is 2.86 bits per heavy atom. The summed E-state index contributed by atoms with van der Waals surface area (Å²) in [6.07, 6.45) is 0.663. The molecule has 78 valence electrons. The second-order valence-corrected chi connectivity index (χ2v) is 3.24. The Bertz CT molecular complexity index is 307. The third-order valence-corrected chi connectivity index (χ3v) is 2.05. The van der Waals surface area contributed by atoms with Gasteiger partial charge in [-0.2, -0.15) is 0 Å². The standard InChI is InChI=1S/C9H12ClNO3/c1-2-6(5-12)11-9(13)7-3-4-8(10)14-7/h3-4,6,12H,2,5H2,1H3,(H,11,13)/t6-/m0/s1. The summed E-state index contributed by atoms with van der Waals surface area (Å²) in [5, 5.41) is 11.6. The molecule has 0 fully saturated rings. The highest BCUT2D eigenvalue weighted by molar-refractivity contribution is 6.29. The van der Waals surface area contributed by atoms with Crippen LogP contribution in [0.15, 0.2) is 16.5 Å². The second kappa shape index (κ2) is 5.02. The van der Waals surface area contributed by atoms with Gasteiger partial charge in [0.05, 0.1) is 12.6 Å². The second-order valence-electron chi connectivity index (χ2n) is 2.86. The Kier molecular flexibility index (Phi) is 3.98. The van der Waals surface area contributed by atoms with Gasteiger partial charge in [0.25, 0.3) is 5.91 Å². The van der Waals surface area contributed by atoms with Crippen molar-refractivity contribution in [3.63, 3.8) is 0 Å². The summed E-state index contributed by atoms with van der Waals surface area (Å²) in [6, 6.07) is 2.74. The van der Waals surface area contributed by atoms with Gasteiger partial charge in [-0.1, -0.05) is 6.92 Å². The van der Waals surface area contributed by atoms with Crippen LogP contribution in [0, 0.1) is 0 Å². The topological polar surface area (TPSA) is 62.5 Å². The summed E-state index contributed by atoms with van der Waals surface area (Å²) in [7, 11) is 0. The Morgan fingerprint density at radius 1 is 1.71 bits per heavy atom. The highest BCUT2D eigenvalue weighted by Crippen LogP contribution is 2.12. The monoisotopic (exact) mass is 217 g/mol. The fraction of sp³-hybridized carbons (Fsp3) is 0.444. The predicted molar refractivity (Wildman–Crippen MR) is 52.3 cm³/mol. The van der Waals surface area contributed by atoms with Gasteiger partial charge in [-0.15, -0.1) is 0 Å². The summed E-state index contributed by atoms with van der Waals surface area (Å²) >= 11 is 5.51. The smallest absolute Gasteiger partial charge is 0.287 e. The molecule has 0 radical (unpaired) electrons. The van der Waals surface area contributed by atoms with Crippen LogP contribution in [0.2, 0.25) is 5.22 Å². The molecule has 1 aromatic heterocycles. The number of halogens is 1. The van der Waals surface area contributed by atoms with Crippen molar-refractivity contribution in [3.8, 4) is 0 Å². The van der Waals surface area contributed by atoms with Crippen molar-refractivity contribution >= 4 is 17.5 Å². The number of carbonyl (C=O) groups is 1. The molecule has 1 amide bonds. The lowest BCUT2D eigenvalue weighted by atomic mass is 10.2. The van der Waals surface area contributed by atoms with Crippen LogP contribution in [0.4, 0.5) is 0 Å². The minimum Gasteiger partial charge on any atom is -0.440 e. The van der Waals surface area contributed by atoms with E-state index in [0.717, 1.165) is 0 Å². The van der Waals surface area contributed by atoms with E-state index >= 15 is 0 Å². The molecule has 0 aliphatic carbocycles. The van der Waals surface area contributed by atoms with Gasteiger partial charge in [-0.05, 0) is 30.2 Å². The van der Waals surface area contributed by atoms with Crippen molar-refractivity contribution in [3.05, 3.63) is 23.1 Å². The third-order valence-electron chi connectivity index (χ3n) is 1.85. The van der Waals surface area contributed by atoms with Crippen LogP contribution in [0.1, 0.15) is 23.9 Å². The lowest BCUT2D eigenvalue weighted by Gasteiger charge is -2.12. The molecule has 0 aliphatic rings. The summed E-state index contributed by atoms with van der Waals surface area (Å²) in [4.78, 5) is 11.4. The Balaban J connectivity index is 2.58. The molecule has 1 rings (SSSR count). The van der Waals surface area contributed by atoms with Crippen LogP contribution in [-0.2, 0) is 0 Å². The van der Waals surface area contributed by atoms with Gasteiger partial charge in [-0.25, -0.2) is 0 Å². The molecule has 0 aromatic carbocycles. The third kappa shape index (κ3) is 2.75. The number of hydrogen-bond acceptors (Lipinski definition) is 3. The quantitative estimate of drug-likeness (QED) is 0.802. The van der Waals surface area contributed by atoms with Crippen LogP contribution in [0.5, 0.6) is 0 Å². The largest absolute Gasteiger partial charge is 0.440 e. The van der Waals surface area contributed by atoms with E-state index in [9.17, 15) is 4.79 Å². The van der Waals surface area contributed by atoms with Gasteiger partial charge < -0.3 is 14.8 Å². The van der Waals surface area contributed by atoms with Gasteiger partial charge in [0.2, 0.25) is 0 Å². The number of rotatable bonds is 4. The number of hydrogen-bond donors (Lipinski definition) is 2. The van der Waals surface area contributed by atoms with E-state index in [1.54, 1.807) is 0 Å². The van der Waals surface area contributed by atoms with Crippen molar-refractivity contribution in [1.29, 1.82) is 0 Å². The Labute approximate surface area is 86.9 Å². The van der Waals surface area contributed by atoms with E-state index in [4.69, 9.17) is 21.1 Å². The molecule has 0 unspecified atom stereocenters. The van der Waals surface area contributed by atoms with Crippen molar-refractivity contribution < 1.29 is 14.3 Å². The van der Waals surface area contributed by atoms with Crippen molar-refractivity contribution in [2.24, 2.45) is 0 Å². The summed E-state index contributed by atoms with van der Waals surface area (Å²) < 4.78 is 4.91. The fourth-order valence-electron chi connectivity index (χ4n) is 0.970. The molecular weight excluding hydrogens is 206 g/mol. The molecule has 0 spiro atoms. The van der Waals surface area contributed by atoms with E-state index in [-0.39, 0.29) is 29.5 Å². The normalized spacial score (nSPS) is 12.5. The first-order valence-corrected chi connectivity index (χ1v) is 4.72. The lowest BCUT2D eigenvalue weighted by molar-refractivity contribution is 0.0887. The van der Waals surface area contributed by atoms with E-state index in [1.807, 2.05) is 6.92 Å². The molecule has 0 saturated heterocycles. The molecule has 1 heterocycles. The predicted octanol–water partition coefficient (Wildman–Crippen LogP) is 1.43. The minimum absolute atomic E-state index is 0.0866. The zero-order valence-electron chi connectivity index (χ0n) is 7.79. The van der Waals surface area contributed by atoms with Gasteiger partial charge in [0.1, 0.15) is 0 Å². The molecule has 0 bridgehead atoms. The number of nitrogens with one attached hydrogen (secondary N) is 1. The van der Waals surface area contributed by atoms with E-state index in [2.05, 4.69) is 5.32 Å². The first kappa shape index (κ1) is 11.1. The highest BCUT2D eigenvalue weighted by atomic mass is 35.5. The minimum atomic E-state index is -0.363. The number of carbonyl (C=O) groups excluding carboxylic acids is 1. The highest BCUT2D eigenvalue weighted by Gasteiger charge is 2.14. The zero-order chi connectivity index (χ0) is 10.6. The number of furan rings is 1. The van der Waals surface area contributed by atoms with Crippen LogP contribution in [-0.4, -0.2) is 23.7 Å². The number of aliphatic hydroxyl groups excluding tert-OH is 1. The molecular formula is C9H12ClNO3. The van der Waals surface area contributed by atoms with Crippen molar-refractivity contribution in [2.75, 3.05) is 6.61 Å². The SMILES string of the molecule is CC[C@@H](CO)NC(=O)c1ccc(Cl)o1. The maximum Gasteiger partial charge on any atom is 0.287 e. The molecule has 1 aromatic rings. The summed E-state index contributed by atoms with van der Waals surface area (Å²) in [5.41, 5.74) is 0. The maximum atomic E-state index is 11.4. The van der Waals surface area contributed by atoms with E-state index < -0.39 is 0 Å². The average molecular weight is 218 g/mol. The molecule has 2 N–H and O–H groups in total. The Hall–Kier alpha value is -1.00. The maximum absolute atomic E-state index is 11.4. The Morgan fingerprint density at radius 2 is 2.43 bits per heavy atom. The zero-order valence-corrected chi connectivity index (χ0v) is 8.54. The van der Waals surface area contributed by atoms with E-state index in [1.165, 1.54) is 12.1 Å². The first-order valence-electron chi connectivity index (χ1n) is 4.34. The molecule has 5 heteroatoms. The van der Waals surface area contributed by atoms with Crippen LogP contribution < -0.4 is 5.32 Å². The van der Waals surface area contributed by atoms with Gasteiger partial charge in [0.15, 0.2) is 11.0 Å². The fourth-order valence-corrected chi connectivity index (χ4v) is 1.12. The molecule has 4 nitrogen and oxygen atoms in total. The summed E-state index contributed by atoms with van der Waals surface area (Å²) in [5.74, 6) is -0.209. The average Bonchev–Trinajstić information content (AvgIpc) is 2.61. The van der Waals surface area contributed by atoms with Gasteiger partial charge >= 0.3 is 0 Å². The molecule has 0 aliphatic heterocycles. The van der Waals surface area contributed by atoms with Gasteiger partial charge in [-0.3, -0.25) is 4.79 Å². The van der Waals surface area contributed by atoms with E-state index in [0.29, 0.717) is 6.42 Å². The number of aliphatic hydroxyl groups is 1. The lowest BCUT2D eigenvalue weighted by Crippen LogP contribution is -2.36. The van der Waals surface area contributed by atoms with Crippen molar-refractivity contribution in [1.82, 2.24) is 5.32 Å². The molecule has 0 saturated carbocycles. The van der Waals surface area contributed by atoms with Crippen LogP contribution in [0.25, 0.3) is 0 Å². The molecule has 14 heavy (non-hydrogen) atoms.